The van der Waals surface area contributed by atoms with E-state index in [1.54, 1.807) is 6.20 Å². The number of fused-ring (bicyclic) bond motifs is 1. The second-order valence-corrected chi connectivity index (χ2v) is 4.08. The van der Waals surface area contributed by atoms with Crippen LogP contribution in [0.5, 0.6) is 5.88 Å². The average molecular weight is 227 g/mol. The van der Waals surface area contributed by atoms with E-state index in [0.29, 0.717) is 18.4 Å². The molecule has 0 aromatic carbocycles. The molecule has 0 N–H and O–H groups in total. The van der Waals surface area contributed by atoms with Gasteiger partial charge in [0.05, 0.1) is 24.2 Å². The van der Waals surface area contributed by atoms with Gasteiger partial charge in [-0.15, -0.1) is 11.6 Å². The lowest BCUT2D eigenvalue weighted by Gasteiger charge is -2.14. The van der Waals surface area contributed by atoms with E-state index in [1.807, 2.05) is 0 Å². The van der Waals surface area contributed by atoms with E-state index >= 15 is 0 Å². The molecule has 0 saturated heterocycles. The summed E-state index contributed by atoms with van der Waals surface area (Å²) in [6.07, 6.45) is 7.11. The summed E-state index contributed by atoms with van der Waals surface area (Å²) in [6, 6.07) is 0. The number of alkyl halides is 1. The van der Waals surface area contributed by atoms with Gasteiger partial charge in [-0.05, 0) is 32.1 Å². The van der Waals surface area contributed by atoms with Crippen LogP contribution in [0, 0.1) is 0 Å². The van der Waals surface area contributed by atoms with Crippen LogP contribution in [0.1, 0.15) is 30.7 Å². The van der Waals surface area contributed by atoms with Gasteiger partial charge in [0.1, 0.15) is 0 Å². The number of halogens is 1. The van der Waals surface area contributed by atoms with E-state index in [-0.39, 0.29) is 0 Å². The quantitative estimate of drug-likeness (QED) is 0.584. The Labute approximate surface area is 94.8 Å². The van der Waals surface area contributed by atoms with Crippen molar-refractivity contribution < 1.29 is 4.74 Å². The normalized spacial score (nSPS) is 14.7. The van der Waals surface area contributed by atoms with Crippen LogP contribution in [0.3, 0.4) is 0 Å². The maximum absolute atomic E-state index is 5.57. The summed E-state index contributed by atoms with van der Waals surface area (Å²) in [6.45, 7) is 0.622. The number of rotatable bonds is 4. The van der Waals surface area contributed by atoms with Gasteiger partial charge >= 0.3 is 0 Å². The van der Waals surface area contributed by atoms with E-state index in [9.17, 15) is 0 Å². The zero-order valence-electron chi connectivity index (χ0n) is 8.71. The van der Waals surface area contributed by atoms with Gasteiger partial charge in [-0.25, -0.2) is 4.98 Å². The van der Waals surface area contributed by atoms with Crippen LogP contribution in [-0.4, -0.2) is 22.5 Å². The number of aromatic nitrogens is 2. The highest BCUT2D eigenvalue weighted by Gasteiger charge is 2.12. The minimum atomic E-state index is 0.622. The molecule has 1 aliphatic rings. The largest absolute Gasteiger partial charge is 0.477 e. The number of ether oxygens (including phenoxy) is 1. The lowest BCUT2D eigenvalue weighted by molar-refractivity contribution is 0.302. The molecule has 3 nitrogen and oxygen atoms in total. The van der Waals surface area contributed by atoms with Crippen molar-refractivity contribution >= 4 is 11.6 Å². The third-order valence-corrected chi connectivity index (χ3v) is 2.78. The van der Waals surface area contributed by atoms with E-state index in [2.05, 4.69) is 9.97 Å². The lowest BCUT2D eigenvalue weighted by atomic mass is 10.0. The Morgan fingerprint density at radius 3 is 2.87 bits per heavy atom. The van der Waals surface area contributed by atoms with Crippen molar-refractivity contribution in [1.29, 1.82) is 0 Å². The van der Waals surface area contributed by atoms with E-state index < -0.39 is 0 Å². The second-order valence-electron chi connectivity index (χ2n) is 3.70. The first kappa shape index (κ1) is 10.7. The van der Waals surface area contributed by atoms with Crippen LogP contribution >= 0.6 is 11.6 Å². The van der Waals surface area contributed by atoms with Crippen molar-refractivity contribution in [3.63, 3.8) is 0 Å². The molecule has 0 amide bonds. The van der Waals surface area contributed by atoms with Crippen molar-refractivity contribution in [1.82, 2.24) is 9.97 Å². The van der Waals surface area contributed by atoms with Crippen molar-refractivity contribution in [2.75, 3.05) is 12.5 Å². The van der Waals surface area contributed by atoms with E-state index in [1.165, 1.54) is 12.8 Å². The molecule has 1 heterocycles. The molecule has 82 valence electrons. The second kappa shape index (κ2) is 5.31. The van der Waals surface area contributed by atoms with Crippen LogP contribution in [0.2, 0.25) is 0 Å². The van der Waals surface area contributed by atoms with Crippen LogP contribution < -0.4 is 4.74 Å². The van der Waals surface area contributed by atoms with Gasteiger partial charge in [0, 0.05) is 5.88 Å². The summed E-state index contributed by atoms with van der Waals surface area (Å²) < 4.78 is 5.45. The predicted molar refractivity (Wildman–Crippen MR) is 59.5 cm³/mol. The van der Waals surface area contributed by atoms with Gasteiger partial charge in [0.25, 0.3) is 0 Å². The molecule has 0 saturated carbocycles. The first-order chi connectivity index (χ1) is 7.40. The Hall–Kier alpha value is -0.830. The number of nitrogens with zero attached hydrogens (tertiary/aromatic N) is 2. The molecule has 1 aliphatic carbocycles. The Morgan fingerprint density at radius 2 is 2.07 bits per heavy atom. The van der Waals surface area contributed by atoms with Gasteiger partial charge in [-0.3, -0.25) is 4.98 Å². The van der Waals surface area contributed by atoms with Crippen LogP contribution in [0.25, 0.3) is 0 Å². The first-order valence-corrected chi connectivity index (χ1v) is 5.97. The third kappa shape index (κ3) is 2.81. The van der Waals surface area contributed by atoms with Crippen LogP contribution in [0.4, 0.5) is 0 Å². The highest BCUT2D eigenvalue weighted by atomic mass is 35.5. The number of aryl methyl sites for hydroxylation is 2. The number of hydrogen-bond donors (Lipinski definition) is 0. The summed E-state index contributed by atoms with van der Waals surface area (Å²) in [5, 5.41) is 0. The summed E-state index contributed by atoms with van der Waals surface area (Å²) in [5.74, 6) is 1.26. The molecule has 0 aliphatic heterocycles. The fourth-order valence-electron chi connectivity index (χ4n) is 1.73. The zero-order valence-corrected chi connectivity index (χ0v) is 9.46. The highest BCUT2D eigenvalue weighted by molar-refractivity contribution is 6.17. The summed E-state index contributed by atoms with van der Waals surface area (Å²) in [7, 11) is 0. The monoisotopic (exact) mass is 226 g/mol. The molecule has 0 radical (unpaired) electrons. The topological polar surface area (TPSA) is 35.0 Å². The van der Waals surface area contributed by atoms with E-state index in [4.69, 9.17) is 16.3 Å². The lowest BCUT2D eigenvalue weighted by Crippen LogP contribution is -2.09. The zero-order chi connectivity index (χ0) is 10.5. The minimum absolute atomic E-state index is 0.622. The Balaban J connectivity index is 2.00. The molecule has 4 heteroatoms. The Kier molecular flexibility index (Phi) is 3.78. The van der Waals surface area contributed by atoms with E-state index in [0.717, 1.165) is 30.7 Å². The molecule has 0 unspecified atom stereocenters. The molecular weight excluding hydrogens is 212 g/mol. The van der Waals surface area contributed by atoms with Gasteiger partial charge in [0.2, 0.25) is 5.88 Å². The van der Waals surface area contributed by atoms with Gasteiger partial charge in [-0.1, -0.05) is 0 Å². The van der Waals surface area contributed by atoms with Crippen molar-refractivity contribution in [3.8, 4) is 5.88 Å². The molecule has 1 aromatic rings. The van der Waals surface area contributed by atoms with Gasteiger partial charge in [0.15, 0.2) is 0 Å². The summed E-state index contributed by atoms with van der Waals surface area (Å²) in [4.78, 5) is 8.83. The minimum Gasteiger partial charge on any atom is -0.477 e. The van der Waals surface area contributed by atoms with Crippen molar-refractivity contribution in [2.24, 2.45) is 0 Å². The first-order valence-electron chi connectivity index (χ1n) is 5.43. The maximum atomic E-state index is 5.57. The molecule has 2 rings (SSSR count). The van der Waals surface area contributed by atoms with Crippen molar-refractivity contribution in [3.05, 3.63) is 17.6 Å². The molecule has 0 fully saturated rings. The van der Waals surface area contributed by atoms with Gasteiger partial charge < -0.3 is 4.74 Å². The predicted octanol–water partition coefficient (Wildman–Crippen LogP) is 2.36. The standard InChI is InChI=1S/C11H15ClN2O/c12-6-3-7-15-11-8-13-9-4-1-2-5-10(9)14-11/h8H,1-7H2. The summed E-state index contributed by atoms with van der Waals surface area (Å²) in [5.41, 5.74) is 2.26. The molecular formula is C11H15ClN2O. The van der Waals surface area contributed by atoms with Crippen LogP contribution in [-0.2, 0) is 12.8 Å². The SMILES string of the molecule is ClCCCOc1cnc2c(n1)CCCC2. The molecule has 0 spiro atoms. The smallest absolute Gasteiger partial charge is 0.232 e. The fourth-order valence-corrected chi connectivity index (χ4v) is 1.84. The van der Waals surface area contributed by atoms with Crippen molar-refractivity contribution in [2.45, 2.75) is 32.1 Å². The molecule has 15 heavy (non-hydrogen) atoms. The summed E-state index contributed by atoms with van der Waals surface area (Å²) >= 11 is 5.57. The average Bonchev–Trinajstić information content (AvgIpc) is 2.29. The highest BCUT2D eigenvalue weighted by Crippen LogP contribution is 2.19. The Bertz CT molecular complexity index is 330. The molecule has 0 atom stereocenters. The molecule has 0 bridgehead atoms. The maximum Gasteiger partial charge on any atom is 0.232 e. The third-order valence-electron chi connectivity index (χ3n) is 2.51. The molecule has 1 aromatic heterocycles. The van der Waals surface area contributed by atoms with Gasteiger partial charge in [-0.2, -0.15) is 0 Å². The van der Waals surface area contributed by atoms with Crippen LogP contribution in [0.15, 0.2) is 6.20 Å². The Morgan fingerprint density at radius 1 is 1.27 bits per heavy atom. The number of hydrogen-bond acceptors (Lipinski definition) is 3. The fraction of sp³-hybridized carbons (Fsp3) is 0.636.